The van der Waals surface area contributed by atoms with Crippen LogP contribution in [0.4, 0.5) is 0 Å². The van der Waals surface area contributed by atoms with Crippen LogP contribution in [-0.2, 0) is 13.5 Å². The highest BCUT2D eigenvalue weighted by Gasteiger charge is 2.10. The molecule has 0 atom stereocenters. The van der Waals surface area contributed by atoms with Crippen molar-refractivity contribution in [2.75, 3.05) is 0 Å². The van der Waals surface area contributed by atoms with Crippen molar-refractivity contribution in [3.63, 3.8) is 0 Å². The minimum absolute atomic E-state index is 0.109. The van der Waals surface area contributed by atoms with Crippen LogP contribution >= 0.6 is 27.3 Å². The van der Waals surface area contributed by atoms with Gasteiger partial charge in [-0.25, -0.2) is 0 Å². The lowest BCUT2D eigenvalue weighted by Gasteiger charge is -1.93. The maximum absolute atomic E-state index is 11.8. The molecule has 78 valence electrons. The molecule has 0 spiro atoms. The fourth-order valence-corrected chi connectivity index (χ4v) is 2.75. The highest BCUT2D eigenvalue weighted by molar-refractivity contribution is 9.11. The predicted molar refractivity (Wildman–Crippen MR) is 63.3 cm³/mol. The van der Waals surface area contributed by atoms with Gasteiger partial charge in [-0.1, -0.05) is 0 Å². The first kappa shape index (κ1) is 10.6. The van der Waals surface area contributed by atoms with Crippen molar-refractivity contribution in [2.45, 2.75) is 6.42 Å². The van der Waals surface area contributed by atoms with Crippen molar-refractivity contribution >= 4 is 33.0 Å². The Bertz CT molecular complexity index is 489. The van der Waals surface area contributed by atoms with E-state index in [2.05, 4.69) is 21.0 Å². The number of aromatic nitrogens is 2. The van der Waals surface area contributed by atoms with Gasteiger partial charge in [-0.05, 0) is 28.1 Å². The summed E-state index contributed by atoms with van der Waals surface area (Å²) in [6.07, 6.45) is 3.79. The van der Waals surface area contributed by atoms with Crippen LogP contribution < -0.4 is 0 Å². The van der Waals surface area contributed by atoms with E-state index < -0.39 is 0 Å². The fraction of sp³-hybridized carbons (Fsp3) is 0.200. The largest absolute Gasteiger partial charge is 0.294 e. The quantitative estimate of drug-likeness (QED) is 0.813. The van der Waals surface area contributed by atoms with E-state index in [0.29, 0.717) is 12.0 Å². The zero-order valence-corrected chi connectivity index (χ0v) is 10.5. The van der Waals surface area contributed by atoms with Crippen molar-refractivity contribution < 1.29 is 4.79 Å². The second kappa shape index (κ2) is 4.28. The lowest BCUT2D eigenvalue weighted by atomic mass is 10.1. The number of halogens is 1. The Labute approximate surface area is 99.9 Å². The molecule has 2 aromatic heterocycles. The molecule has 0 unspecified atom stereocenters. The molecule has 3 nitrogen and oxygen atoms in total. The summed E-state index contributed by atoms with van der Waals surface area (Å²) in [5.74, 6) is 0.109. The Morgan fingerprint density at radius 1 is 1.60 bits per heavy atom. The second-order valence-electron chi connectivity index (χ2n) is 3.21. The maximum Gasteiger partial charge on any atom is 0.171 e. The Morgan fingerprint density at radius 2 is 2.40 bits per heavy atom. The van der Waals surface area contributed by atoms with Crippen LogP contribution in [0.5, 0.6) is 0 Å². The molecule has 0 aliphatic rings. The lowest BCUT2D eigenvalue weighted by molar-refractivity contribution is 0.0994. The molecule has 5 heteroatoms. The Morgan fingerprint density at radius 3 is 2.93 bits per heavy atom. The lowest BCUT2D eigenvalue weighted by Crippen LogP contribution is -2.00. The number of aryl methyl sites for hydroxylation is 1. The summed E-state index contributed by atoms with van der Waals surface area (Å²) in [6.45, 7) is 0. The van der Waals surface area contributed by atoms with Crippen molar-refractivity contribution in [1.29, 1.82) is 0 Å². The summed E-state index contributed by atoms with van der Waals surface area (Å²) < 4.78 is 2.69. The average Bonchev–Trinajstić information content (AvgIpc) is 2.75. The smallest absolute Gasteiger partial charge is 0.171 e. The third kappa shape index (κ3) is 2.54. The van der Waals surface area contributed by atoms with Gasteiger partial charge in [-0.15, -0.1) is 11.3 Å². The number of thiophene rings is 1. The molecular formula is C10H9BrN2OS. The molecule has 0 saturated heterocycles. The van der Waals surface area contributed by atoms with Gasteiger partial charge < -0.3 is 0 Å². The first-order valence-electron chi connectivity index (χ1n) is 4.41. The third-order valence-electron chi connectivity index (χ3n) is 1.99. The summed E-state index contributed by atoms with van der Waals surface area (Å²) in [7, 11) is 1.80. The van der Waals surface area contributed by atoms with Crippen molar-refractivity contribution in [2.24, 2.45) is 7.05 Å². The summed E-state index contributed by atoms with van der Waals surface area (Å²) in [5, 5.41) is 3.97. The molecule has 0 radical (unpaired) electrons. The second-order valence-corrected chi connectivity index (χ2v) is 5.76. The standard InChI is InChI=1S/C10H9BrN2OS/c1-13-6-7(5-12-13)9(14)4-8-2-3-10(11)15-8/h2-3,5-6H,4H2,1H3. The normalized spacial score (nSPS) is 10.5. The van der Waals surface area contributed by atoms with Crippen LogP contribution in [-0.4, -0.2) is 15.6 Å². The Kier molecular flexibility index (Phi) is 3.02. The van der Waals surface area contributed by atoms with Gasteiger partial charge in [0.2, 0.25) is 0 Å². The van der Waals surface area contributed by atoms with E-state index in [4.69, 9.17) is 0 Å². The molecule has 0 amide bonds. The van der Waals surface area contributed by atoms with Crippen LogP contribution in [0.1, 0.15) is 15.2 Å². The highest BCUT2D eigenvalue weighted by atomic mass is 79.9. The summed E-state index contributed by atoms with van der Waals surface area (Å²) >= 11 is 4.96. The summed E-state index contributed by atoms with van der Waals surface area (Å²) in [5.41, 5.74) is 0.669. The Hall–Kier alpha value is -0.940. The van der Waals surface area contributed by atoms with Gasteiger partial charge in [0, 0.05) is 24.5 Å². The minimum Gasteiger partial charge on any atom is -0.294 e. The number of ketones is 1. The van der Waals surface area contributed by atoms with Gasteiger partial charge >= 0.3 is 0 Å². The molecule has 2 aromatic rings. The number of hydrogen-bond donors (Lipinski definition) is 0. The predicted octanol–water partition coefficient (Wildman–Crippen LogP) is 2.67. The minimum atomic E-state index is 0.109. The van der Waals surface area contributed by atoms with Gasteiger partial charge in [0.25, 0.3) is 0 Å². The third-order valence-corrected chi connectivity index (χ3v) is 3.61. The van der Waals surface area contributed by atoms with Crippen LogP contribution in [0.25, 0.3) is 0 Å². The fourth-order valence-electron chi connectivity index (χ4n) is 1.27. The van der Waals surface area contributed by atoms with Gasteiger partial charge in [-0.3, -0.25) is 9.48 Å². The van der Waals surface area contributed by atoms with E-state index >= 15 is 0 Å². The van der Waals surface area contributed by atoms with E-state index in [1.165, 1.54) is 0 Å². The van der Waals surface area contributed by atoms with Crippen molar-refractivity contribution in [3.05, 3.63) is 38.8 Å². The molecular weight excluding hydrogens is 276 g/mol. The van der Waals surface area contributed by atoms with Crippen LogP contribution in [0.2, 0.25) is 0 Å². The van der Waals surface area contributed by atoms with Gasteiger partial charge in [0.05, 0.1) is 15.5 Å². The molecule has 15 heavy (non-hydrogen) atoms. The van der Waals surface area contributed by atoms with Crippen LogP contribution in [0.3, 0.4) is 0 Å². The summed E-state index contributed by atoms with van der Waals surface area (Å²) in [4.78, 5) is 12.8. The number of Topliss-reactive ketones (excluding diaryl/α,β-unsaturated/α-hetero) is 1. The zero-order valence-electron chi connectivity index (χ0n) is 8.11. The molecule has 0 bridgehead atoms. The number of hydrogen-bond acceptors (Lipinski definition) is 3. The zero-order chi connectivity index (χ0) is 10.8. The van der Waals surface area contributed by atoms with E-state index in [-0.39, 0.29) is 5.78 Å². The first-order chi connectivity index (χ1) is 7.15. The molecule has 0 aliphatic heterocycles. The molecule has 0 aliphatic carbocycles. The number of carbonyl (C=O) groups excluding carboxylic acids is 1. The topological polar surface area (TPSA) is 34.9 Å². The van der Waals surface area contributed by atoms with Crippen LogP contribution in [0, 0.1) is 0 Å². The molecule has 0 saturated carbocycles. The monoisotopic (exact) mass is 284 g/mol. The van der Waals surface area contributed by atoms with E-state index in [9.17, 15) is 4.79 Å². The number of carbonyl (C=O) groups is 1. The van der Waals surface area contributed by atoms with Crippen LogP contribution in [0.15, 0.2) is 28.3 Å². The van der Waals surface area contributed by atoms with Crippen molar-refractivity contribution in [3.8, 4) is 0 Å². The molecule has 2 heterocycles. The van der Waals surface area contributed by atoms with Gasteiger partial charge in [-0.2, -0.15) is 5.10 Å². The van der Waals surface area contributed by atoms with Crippen molar-refractivity contribution in [1.82, 2.24) is 9.78 Å². The molecule has 0 N–H and O–H groups in total. The Balaban J connectivity index is 2.10. The highest BCUT2D eigenvalue weighted by Crippen LogP contribution is 2.23. The van der Waals surface area contributed by atoms with E-state index in [1.54, 1.807) is 35.5 Å². The van der Waals surface area contributed by atoms with Gasteiger partial charge in [0.15, 0.2) is 5.78 Å². The molecule has 0 fully saturated rings. The average molecular weight is 285 g/mol. The number of rotatable bonds is 3. The van der Waals surface area contributed by atoms with E-state index in [0.717, 1.165) is 8.66 Å². The summed E-state index contributed by atoms with van der Waals surface area (Å²) in [6, 6.07) is 3.92. The van der Waals surface area contributed by atoms with Gasteiger partial charge in [0.1, 0.15) is 0 Å². The maximum atomic E-state index is 11.8. The van der Waals surface area contributed by atoms with E-state index in [1.807, 2.05) is 12.1 Å². The first-order valence-corrected chi connectivity index (χ1v) is 6.02. The SMILES string of the molecule is Cn1cc(C(=O)Cc2ccc(Br)s2)cn1. The molecule has 2 rings (SSSR count). The molecule has 0 aromatic carbocycles. The number of nitrogens with zero attached hydrogens (tertiary/aromatic N) is 2.